The van der Waals surface area contributed by atoms with Crippen molar-refractivity contribution in [2.75, 3.05) is 13.1 Å². The third kappa shape index (κ3) is 4.94. The fraction of sp³-hybridized carbons (Fsp3) is 0.900. The normalized spacial score (nSPS) is 19.9. The molecule has 0 aliphatic rings. The van der Waals surface area contributed by atoms with Crippen molar-refractivity contribution in [2.45, 2.75) is 44.0 Å². The molecule has 8 heteroatoms. The highest BCUT2D eigenvalue weighted by atomic mass is 16.4. The van der Waals surface area contributed by atoms with Gasteiger partial charge in [-0.15, -0.1) is 0 Å². The summed E-state index contributed by atoms with van der Waals surface area (Å²) in [4.78, 5) is 11.1. The summed E-state index contributed by atoms with van der Waals surface area (Å²) in [6, 6.07) is 0. The van der Waals surface area contributed by atoms with E-state index in [0.29, 0.717) is 0 Å². The lowest BCUT2D eigenvalue weighted by Gasteiger charge is -2.28. The Bertz CT molecular complexity index is 253. The molecule has 0 aliphatic heterocycles. The van der Waals surface area contributed by atoms with Crippen LogP contribution in [-0.4, -0.2) is 75.0 Å². The SMILES string of the molecule is CCC(=O)C(O)C(O)C(O)C(O)C(O)NCCN. The molecule has 8 N–H and O–H groups in total. The van der Waals surface area contributed by atoms with Gasteiger partial charge in [0.15, 0.2) is 5.78 Å². The maximum atomic E-state index is 11.1. The van der Waals surface area contributed by atoms with E-state index in [9.17, 15) is 30.3 Å². The molecular formula is C10H22N2O6. The average Bonchev–Trinajstić information content (AvgIpc) is 2.40. The lowest BCUT2D eigenvalue weighted by Crippen LogP contribution is -2.54. The molecule has 0 radical (unpaired) electrons. The molecule has 0 spiro atoms. The van der Waals surface area contributed by atoms with E-state index < -0.39 is 36.4 Å². The van der Waals surface area contributed by atoms with Crippen molar-refractivity contribution in [3.8, 4) is 0 Å². The molecule has 5 atom stereocenters. The van der Waals surface area contributed by atoms with Crippen molar-refractivity contribution in [3.63, 3.8) is 0 Å². The van der Waals surface area contributed by atoms with E-state index in [2.05, 4.69) is 5.32 Å². The molecule has 0 rings (SSSR count). The number of nitrogens with two attached hydrogens (primary N) is 1. The first-order chi connectivity index (χ1) is 8.36. The van der Waals surface area contributed by atoms with Crippen LogP contribution in [0.15, 0.2) is 0 Å². The molecule has 0 saturated heterocycles. The van der Waals surface area contributed by atoms with Gasteiger partial charge < -0.3 is 31.3 Å². The summed E-state index contributed by atoms with van der Waals surface area (Å²) in [5.41, 5.74) is 5.17. The summed E-state index contributed by atoms with van der Waals surface area (Å²) in [6.45, 7) is 1.88. The topological polar surface area (TPSA) is 156 Å². The number of carbonyl (C=O) groups is 1. The third-order valence-corrected chi connectivity index (χ3v) is 2.52. The van der Waals surface area contributed by atoms with Gasteiger partial charge in [-0.1, -0.05) is 6.92 Å². The molecule has 0 amide bonds. The molecule has 108 valence electrons. The first kappa shape index (κ1) is 17.4. The van der Waals surface area contributed by atoms with Crippen LogP contribution in [0.1, 0.15) is 13.3 Å². The van der Waals surface area contributed by atoms with Gasteiger partial charge in [0.1, 0.15) is 30.6 Å². The van der Waals surface area contributed by atoms with E-state index in [-0.39, 0.29) is 19.5 Å². The van der Waals surface area contributed by atoms with Gasteiger partial charge in [0, 0.05) is 19.5 Å². The van der Waals surface area contributed by atoms with Gasteiger partial charge in [0.2, 0.25) is 0 Å². The highest BCUT2D eigenvalue weighted by Gasteiger charge is 2.36. The van der Waals surface area contributed by atoms with Crippen molar-refractivity contribution in [1.29, 1.82) is 0 Å². The van der Waals surface area contributed by atoms with Crippen molar-refractivity contribution in [2.24, 2.45) is 5.73 Å². The third-order valence-electron chi connectivity index (χ3n) is 2.52. The molecule has 0 aromatic heterocycles. The summed E-state index contributed by atoms with van der Waals surface area (Å²) in [5.74, 6) is -0.668. The van der Waals surface area contributed by atoms with Crippen molar-refractivity contribution in [3.05, 3.63) is 0 Å². The summed E-state index contributed by atoms with van der Waals surface area (Å²) < 4.78 is 0. The van der Waals surface area contributed by atoms with E-state index in [1.165, 1.54) is 6.92 Å². The Labute approximate surface area is 105 Å². The zero-order valence-corrected chi connectivity index (χ0v) is 10.2. The van der Waals surface area contributed by atoms with Crippen LogP contribution in [0.5, 0.6) is 0 Å². The van der Waals surface area contributed by atoms with E-state index in [4.69, 9.17) is 5.73 Å². The quantitative estimate of drug-likeness (QED) is 0.210. The molecule has 0 bridgehead atoms. The average molecular weight is 266 g/mol. The first-order valence-electron chi connectivity index (χ1n) is 5.73. The van der Waals surface area contributed by atoms with Gasteiger partial charge >= 0.3 is 0 Å². The number of rotatable bonds is 9. The number of aliphatic hydroxyl groups is 5. The van der Waals surface area contributed by atoms with Gasteiger partial charge in [-0.2, -0.15) is 0 Å². The van der Waals surface area contributed by atoms with Crippen LogP contribution in [0, 0.1) is 0 Å². The molecule has 0 heterocycles. The number of hydrogen-bond donors (Lipinski definition) is 7. The number of ketones is 1. The second kappa shape index (κ2) is 8.48. The Morgan fingerprint density at radius 3 is 2.11 bits per heavy atom. The number of Topliss-reactive ketones (excluding diaryl/α,β-unsaturated/α-hetero) is 1. The van der Waals surface area contributed by atoms with Crippen LogP contribution in [-0.2, 0) is 4.79 Å². The van der Waals surface area contributed by atoms with Crippen LogP contribution < -0.4 is 11.1 Å². The number of carbonyl (C=O) groups excluding carboxylic acids is 1. The van der Waals surface area contributed by atoms with Crippen LogP contribution >= 0.6 is 0 Å². The largest absolute Gasteiger partial charge is 0.387 e. The fourth-order valence-electron chi connectivity index (χ4n) is 1.33. The monoisotopic (exact) mass is 266 g/mol. The van der Waals surface area contributed by atoms with Gasteiger partial charge in [0.05, 0.1) is 0 Å². The van der Waals surface area contributed by atoms with E-state index in [1.807, 2.05) is 0 Å². The lowest BCUT2D eigenvalue weighted by molar-refractivity contribution is -0.154. The molecule has 0 saturated carbocycles. The molecule has 8 nitrogen and oxygen atoms in total. The van der Waals surface area contributed by atoms with E-state index in [1.54, 1.807) is 0 Å². The molecule has 18 heavy (non-hydrogen) atoms. The zero-order valence-electron chi connectivity index (χ0n) is 10.2. The minimum atomic E-state index is -1.87. The van der Waals surface area contributed by atoms with Gasteiger partial charge in [0.25, 0.3) is 0 Å². The molecule has 0 aromatic carbocycles. The number of nitrogens with one attached hydrogen (secondary N) is 1. The predicted molar refractivity (Wildman–Crippen MR) is 62.4 cm³/mol. The maximum absolute atomic E-state index is 11.1. The Hall–Kier alpha value is -0.610. The Balaban J connectivity index is 4.43. The first-order valence-corrected chi connectivity index (χ1v) is 5.73. The molecule has 0 aromatic rings. The lowest BCUT2D eigenvalue weighted by atomic mass is 9.98. The molecule has 0 fully saturated rings. The second-order valence-electron chi connectivity index (χ2n) is 3.92. The smallest absolute Gasteiger partial charge is 0.163 e. The zero-order chi connectivity index (χ0) is 14.3. The maximum Gasteiger partial charge on any atom is 0.163 e. The van der Waals surface area contributed by atoms with Crippen molar-refractivity contribution in [1.82, 2.24) is 5.32 Å². The van der Waals surface area contributed by atoms with Gasteiger partial charge in [-0.3, -0.25) is 10.1 Å². The van der Waals surface area contributed by atoms with E-state index >= 15 is 0 Å². The van der Waals surface area contributed by atoms with Crippen LogP contribution in [0.4, 0.5) is 0 Å². The van der Waals surface area contributed by atoms with Gasteiger partial charge in [-0.05, 0) is 0 Å². The minimum Gasteiger partial charge on any atom is -0.387 e. The number of aliphatic hydroxyl groups excluding tert-OH is 5. The van der Waals surface area contributed by atoms with Crippen LogP contribution in [0.3, 0.4) is 0 Å². The summed E-state index contributed by atoms with van der Waals surface area (Å²) in [7, 11) is 0. The Kier molecular flexibility index (Phi) is 8.20. The van der Waals surface area contributed by atoms with Crippen LogP contribution in [0.2, 0.25) is 0 Å². The van der Waals surface area contributed by atoms with E-state index in [0.717, 1.165) is 0 Å². The minimum absolute atomic E-state index is 0.0188. The molecule has 5 unspecified atom stereocenters. The molecule has 0 aliphatic carbocycles. The Morgan fingerprint density at radius 2 is 1.67 bits per heavy atom. The summed E-state index contributed by atoms with van der Waals surface area (Å²) in [5, 5.41) is 49.7. The summed E-state index contributed by atoms with van der Waals surface area (Å²) >= 11 is 0. The summed E-state index contributed by atoms with van der Waals surface area (Å²) in [6.07, 6.45) is -8.85. The second-order valence-corrected chi connectivity index (χ2v) is 3.92. The highest BCUT2D eigenvalue weighted by Crippen LogP contribution is 2.09. The van der Waals surface area contributed by atoms with Gasteiger partial charge in [-0.25, -0.2) is 0 Å². The van der Waals surface area contributed by atoms with Crippen molar-refractivity contribution >= 4 is 5.78 Å². The van der Waals surface area contributed by atoms with Crippen molar-refractivity contribution < 1.29 is 30.3 Å². The number of hydrogen-bond acceptors (Lipinski definition) is 8. The molecular weight excluding hydrogens is 244 g/mol. The van der Waals surface area contributed by atoms with Crippen LogP contribution in [0.25, 0.3) is 0 Å². The standard InChI is InChI=1S/C10H22N2O6/c1-2-5(13)6(14)7(15)8(16)9(17)10(18)12-4-3-11/h6-10,12,14-18H,2-4,11H2,1H3. The fourth-order valence-corrected chi connectivity index (χ4v) is 1.33. The predicted octanol–water partition coefficient (Wildman–Crippen LogP) is -3.72. The highest BCUT2D eigenvalue weighted by molar-refractivity contribution is 5.83. The Morgan fingerprint density at radius 1 is 1.11 bits per heavy atom.